The molecule has 0 atom stereocenters. The summed E-state index contributed by atoms with van der Waals surface area (Å²) in [4.78, 5) is 16.2. The number of anilines is 2. The second-order valence-electron chi connectivity index (χ2n) is 5.10. The van der Waals surface area contributed by atoms with Crippen LogP contribution >= 0.6 is 23.2 Å². The molecule has 1 amide bonds. The number of benzene rings is 1. The smallest absolute Gasteiger partial charge is 0.276 e. The van der Waals surface area contributed by atoms with E-state index >= 15 is 0 Å². The molecular weight excluding hydrogens is 361 g/mol. The molecule has 0 bridgehead atoms. The van der Waals surface area contributed by atoms with E-state index in [4.69, 9.17) is 23.2 Å². The third kappa shape index (κ3) is 4.65. The van der Waals surface area contributed by atoms with Crippen molar-refractivity contribution >= 4 is 40.6 Å². The highest BCUT2D eigenvalue weighted by molar-refractivity contribution is 6.36. The highest BCUT2D eigenvalue weighted by Gasteiger charge is 2.11. The minimum Gasteiger partial charge on any atom is -0.364 e. The van der Waals surface area contributed by atoms with Crippen molar-refractivity contribution in [2.24, 2.45) is 0 Å². The van der Waals surface area contributed by atoms with Gasteiger partial charge in [0.25, 0.3) is 5.91 Å². The summed E-state index contributed by atoms with van der Waals surface area (Å²) in [6, 6.07) is 11.9. The first kappa shape index (κ1) is 17.1. The van der Waals surface area contributed by atoms with E-state index in [9.17, 15) is 4.79 Å². The van der Waals surface area contributed by atoms with Crippen LogP contribution in [0.3, 0.4) is 0 Å². The summed E-state index contributed by atoms with van der Waals surface area (Å²) in [5.74, 6) is 0.153. The van der Waals surface area contributed by atoms with Gasteiger partial charge in [-0.2, -0.15) is 0 Å². The van der Waals surface area contributed by atoms with E-state index < -0.39 is 5.91 Å². The largest absolute Gasteiger partial charge is 0.364 e. The number of amides is 1. The fraction of sp³-hybridized carbons (Fsp3) is 0.0588. The first-order valence-electron chi connectivity index (χ1n) is 7.35. The fourth-order valence-electron chi connectivity index (χ4n) is 2.02. The average Bonchev–Trinajstić information content (AvgIpc) is 2.63. The number of carbonyl (C=O) groups is 1. The number of rotatable bonds is 5. The van der Waals surface area contributed by atoms with Gasteiger partial charge in [0.2, 0.25) is 0 Å². The van der Waals surface area contributed by atoms with Gasteiger partial charge in [0.05, 0.1) is 10.7 Å². The first-order chi connectivity index (χ1) is 12.1. The molecule has 2 heterocycles. The quantitative estimate of drug-likeness (QED) is 0.705. The van der Waals surface area contributed by atoms with E-state index in [-0.39, 0.29) is 5.69 Å². The van der Waals surface area contributed by atoms with Gasteiger partial charge in [-0.15, -0.1) is 10.2 Å². The summed E-state index contributed by atoms with van der Waals surface area (Å²) in [5.41, 5.74) is 1.65. The molecule has 0 unspecified atom stereocenters. The first-order valence-corrected chi connectivity index (χ1v) is 8.10. The zero-order valence-corrected chi connectivity index (χ0v) is 14.4. The second kappa shape index (κ2) is 7.92. The number of hydrogen-bond acceptors (Lipinski definition) is 5. The van der Waals surface area contributed by atoms with Crippen molar-refractivity contribution in [1.82, 2.24) is 15.2 Å². The molecule has 2 aromatic heterocycles. The Morgan fingerprint density at radius 2 is 1.96 bits per heavy atom. The third-order valence-electron chi connectivity index (χ3n) is 3.27. The maximum absolute atomic E-state index is 12.2. The fourth-order valence-corrected chi connectivity index (χ4v) is 2.48. The van der Waals surface area contributed by atoms with Crippen LogP contribution in [0.5, 0.6) is 0 Å². The average molecular weight is 374 g/mol. The second-order valence-corrected chi connectivity index (χ2v) is 5.94. The van der Waals surface area contributed by atoms with E-state index in [0.717, 1.165) is 5.56 Å². The monoisotopic (exact) mass is 373 g/mol. The molecule has 0 spiro atoms. The SMILES string of the molecule is O=C(Nc1ccc(Cl)cc1Cl)c1ccc(NCc2cccnc2)nn1. The lowest BCUT2D eigenvalue weighted by Crippen LogP contribution is -2.15. The third-order valence-corrected chi connectivity index (χ3v) is 3.82. The van der Waals surface area contributed by atoms with E-state index in [1.807, 2.05) is 12.1 Å². The molecular formula is C17H13Cl2N5O. The minimum atomic E-state index is -0.407. The van der Waals surface area contributed by atoms with Crippen molar-refractivity contribution in [3.8, 4) is 0 Å². The molecule has 3 aromatic rings. The Hall–Kier alpha value is -2.70. The van der Waals surface area contributed by atoms with E-state index in [2.05, 4.69) is 25.8 Å². The van der Waals surface area contributed by atoms with Gasteiger partial charge in [-0.1, -0.05) is 29.3 Å². The maximum Gasteiger partial charge on any atom is 0.276 e. The summed E-state index contributed by atoms with van der Waals surface area (Å²) < 4.78 is 0. The maximum atomic E-state index is 12.2. The van der Waals surface area contributed by atoms with Crippen LogP contribution in [0.2, 0.25) is 10.0 Å². The molecule has 0 saturated carbocycles. The van der Waals surface area contributed by atoms with E-state index in [1.54, 1.807) is 42.7 Å². The number of halogens is 2. The Morgan fingerprint density at radius 1 is 1.08 bits per heavy atom. The van der Waals surface area contributed by atoms with Crippen molar-refractivity contribution in [1.29, 1.82) is 0 Å². The highest BCUT2D eigenvalue weighted by Crippen LogP contribution is 2.25. The van der Waals surface area contributed by atoms with Gasteiger partial charge in [-0.3, -0.25) is 9.78 Å². The van der Waals surface area contributed by atoms with E-state index in [1.165, 1.54) is 0 Å². The van der Waals surface area contributed by atoms with Crippen LogP contribution in [0.1, 0.15) is 16.1 Å². The summed E-state index contributed by atoms with van der Waals surface area (Å²) in [7, 11) is 0. The summed E-state index contributed by atoms with van der Waals surface area (Å²) in [5, 5.41) is 14.5. The van der Waals surface area contributed by atoms with Crippen molar-refractivity contribution in [2.45, 2.75) is 6.54 Å². The minimum absolute atomic E-state index is 0.179. The molecule has 6 nitrogen and oxygen atoms in total. The van der Waals surface area contributed by atoms with Crippen LogP contribution in [-0.4, -0.2) is 21.1 Å². The van der Waals surface area contributed by atoms with Crippen molar-refractivity contribution in [3.05, 3.63) is 76.2 Å². The molecule has 0 aliphatic heterocycles. The number of aromatic nitrogens is 3. The number of nitrogens with zero attached hydrogens (tertiary/aromatic N) is 3. The summed E-state index contributed by atoms with van der Waals surface area (Å²) in [6.07, 6.45) is 3.47. The van der Waals surface area contributed by atoms with Gasteiger partial charge in [-0.25, -0.2) is 0 Å². The summed E-state index contributed by atoms with van der Waals surface area (Å²) >= 11 is 11.9. The lowest BCUT2D eigenvalue weighted by molar-refractivity contribution is 0.102. The molecule has 25 heavy (non-hydrogen) atoms. The summed E-state index contributed by atoms with van der Waals surface area (Å²) in [6.45, 7) is 0.564. The van der Waals surface area contributed by atoms with Crippen LogP contribution in [0.15, 0.2) is 54.9 Å². The predicted molar refractivity (Wildman–Crippen MR) is 98.0 cm³/mol. The van der Waals surface area contributed by atoms with Crippen LogP contribution in [0.25, 0.3) is 0 Å². The molecule has 0 radical (unpaired) electrons. The Balaban J connectivity index is 1.62. The van der Waals surface area contributed by atoms with Gasteiger partial charge in [-0.05, 0) is 42.0 Å². The Bertz CT molecular complexity index is 872. The van der Waals surface area contributed by atoms with Crippen LogP contribution in [-0.2, 0) is 6.54 Å². The molecule has 0 aliphatic rings. The Labute approximate surface area is 154 Å². The van der Waals surface area contributed by atoms with Gasteiger partial charge in [0.1, 0.15) is 5.82 Å². The lowest BCUT2D eigenvalue weighted by atomic mass is 10.3. The molecule has 3 rings (SSSR count). The highest BCUT2D eigenvalue weighted by atomic mass is 35.5. The topological polar surface area (TPSA) is 79.8 Å². The van der Waals surface area contributed by atoms with Crippen molar-refractivity contribution < 1.29 is 4.79 Å². The molecule has 0 saturated heterocycles. The lowest BCUT2D eigenvalue weighted by Gasteiger charge is -2.08. The zero-order valence-electron chi connectivity index (χ0n) is 12.9. The number of carbonyl (C=O) groups excluding carboxylic acids is 1. The van der Waals surface area contributed by atoms with Gasteiger partial charge in [0, 0.05) is 24.0 Å². The number of nitrogens with one attached hydrogen (secondary N) is 2. The molecule has 126 valence electrons. The standard InChI is InChI=1S/C17H13Cl2N5O/c18-12-3-4-14(13(19)8-12)22-17(25)15-5-6-16(24-23-15)21-10-11-2-1-7-20-9-11/h1-9H,10H2,(H,21,24)(H,22,25). The van der Waals surface area contributed by atoms with Gasteiger partial charge < -0.3 is 10.6 Å². The molecule has 0 fully saturated rings. The van der Waals surface area contributed by atoms with Gasteiger partial charge >= 0.3 is 0 Å². The van der Waals surface area contributed by atoms with E-state index in [0.29, 0.717) is 28.1 Å². The van der Waals surface area contributed by atoms with Crippen LogP contribution in [0, 0.1) is 0 Å². The number of pyridine rings is 1. The van der Waals surface area contributed by atoms with Crippen molar-refractivity contribution in [2.75, 3.05) is 10.6 Å². The van der Waals surface area contributed by atoms with Crippen molar-refractivity contribution in [3.63, 3.8) is 0 Å². The molecule has 1 aromatic carbocycles. The predicted octanol–water partition coefficient (Wildman–Crippen LogP) is 4.04. The Morgan fingerprint density at radius 3 is 2.64 bits per heavy atom. The molecule has 8 heteroatoms. The molecule has 2 N–H and O–H groups in total. The van der Waals surface area contributed by atoms with Crippen LogP contribution in [0.4, 0.5) is 11.5 Å². The van der Waals surface area contributed by atoms with Gasteiger partial charge in [0.15, 0.2) is 5.69 Å². The van der Waals surface area contributed by atoms with Crippen LogP contribution < -0.4 is 10.6 Å². The normalized spacial score (nSPS) is 10.3. The zero-order chi connectivity index (χ0) is 17.6. The Kier molecular flexibility index (Phi) is 5.42. The number of hydrogen-bond donors (Lipinski definition) is 2. The molecule has 0 aliphatic carbocycles.